The Bertz CT molecular complexity index is 652. The molecule has 3 rings (SSSR count). The Morgan fingerprint density at radius 3 is 2.95 bits per heavy atom. The topological polar surface area (TPSA) is 38.7 Å². The Balaban J connectivity index is 1.83. The minimum atomic E-state index is -0.550. The van der Waals surface area contributed by atoms with E-state index in [0.29, 0.717) is 12.4 Å². The van der Waals surface area contributed by atoms with Crippen LogP contribution in [-0.2, 0) is 13.0 Å². The van der Waals surface area contributed by atoms with Gasteiger partial charge in [-0.1, -0.05) is 34.1 Å². The molecule has 21 heavy (non-hydrogen) atoms. The van der Waals surface area contributed by atoms with Gasteiger partial charge in [-0.05, 0) is 30.7 Å². The maximum atomic E-state index is 9.79. The molecule has 1 aliphatic heterocycles. The molecule has 0 saturated carbocycles. The second-order valence-corrected chi connectivity index (χ2v) is 6.07. The van der Waals surface area contributed by atoms with Crippen molar-refractivity contribution in [3.05, 3.63) is 57.6 Å². The number of hydrogen-bond donors (Lipinski definition) is 1. The highest BCUT2D eigenvalue weighted by molar-refractivity contribution is 9.10. The van der Waals surface area contributed by atoms with E-state index in [4.69, 9.17) is 9.47 Å². The summed E-state index contributed by atoms with van der Waals surface area (Å²) in [6, 6.07) is 11.7. The smallest absolute Gasteiger partial charge is 0.129 e. The van der Waals surface area contributed by atoms with Gasteiger partial charge < -0.3 is 14.6 Å². The molecule has 0 amide bonds. The standard InChI is InChI=1S/C17H17BrO3/c1-11(19)15-4-2-3-5-16(15)21-10-13-9-14(18)8-12-6-7-20-17(12)13/h2-5,8-9,11,19H,6-7,10H2,1H3/t11-/m0/s1. The molecule has 0 spiro atoms. The second kappa shape index (κ2) is 6.08. The highest BCUT2D eigenvalue weighted by atomic mass is 79.9. The Morgan fingerprint density at radius 2 is 2.14 bits per heavy atom. The van der Waals surface area contributed by atoms with Crippen molar-refractivity contribution in [1.82, 2.24) is 0 Å². The third-order valence-corrected chi connectivity index (χ3v) is 4.04. The molecule has 4 heteroatoms. The fourth-order valence-corrected chi connectivity index (χ4v) is 3.12. The minimum Gasteiger partial charge on any atom is -0.493 e. The van der Waals surface area contributed by atoms with Crippen LogP contribution in [0, 0.1) is 0 Å². The summed E-state index contributed by atoms with van der Waals surface area (Å²) in [5.74, 6) is 1.65. The number of benzene rings is 2. The third-order valence-electron chi connectivity index (χ3n) is 3.58. The molecule has 1 heterocycles. The molecule has 0 saturated heterocycles. The van der Waals surface area contributed by atoms with Gasteiger partial charge >= 0.3 is 0 Å². The van der Waals surface area contributed by atoms with E-state index in [2.05, 4.69) is 22.0 Å². The van der Waals surface area contributed by atoms with Crippen LogP contribution in [0.15, 0.2) is 40.9 Å². The largest absolute Gasteiger partial charge is 0.493 e. The summed E-state index contributed by atoms with van der Waals surface area (Å²) in [5.41, 5.74) is 3.04. The average molecular weight is 349 g/mol. The van der Waals surface area contributed by atoms with E-state index in [1.165, 1.54) is 5.56 Å². The normalized spacial score (nSPS) is 14.4. The zero-order valence-electron chi connectivity index (χ0n) is 11.8. The van der Waals surface area contributed by atoms with Crippen molar-refractivity contribution < 1.29 is 14.6 Å². The van der Waals surface area contributed by atoms with Gasteiger partial charge in [-0.25, -0.2) is 0 Å². The minimum absolute atomic E-state index is 0.422. The quantitative estimate of drug-likeness (QED) is 0.906. The first kappa shape index (κ1) is 14.4. The summed E-state index contributed by atoms with van der Waals surface area (Å²) in [6.07, 6.45) is 0.386. The molecule has 2 aromatic carbocycles. The van der Waals surface area contributed by atoms with Crippen LogP contribution >= 0.6 is 15.9 Å². The van der Waals surface area contributed by atoms with Crippen LogP contribution in [0.25, 0.3) is 0 Å². The summed E-state index contributed by atoms with van der Waals surface area (Å²) in [4.78, 5) is 0. The Labute approximate surface area is 132 Å². The van der Waals surface area contributed by atoms with Crippen molar-refractivity contribution in [2.75, 3.05) is 6.61 Å². The van der Waals surface area contributed by atoms with Gasteiger partial charge in [0.05, 0.1) is 12.7 Å². The van der Waals surface area contributed by atoms with Crippen molar-refractivity contribution in [2.45, 2.75) is 26.1 Å². The molecule has 3 nitrogen and oxygen atoms in total. The molecule has 0 unspecified atom stereocenters. The molecule has 1 aliphatic rings. The average Bonchev–Trinajstić information content (AvgIpc) is 2.93. The fourth-order valence-electron chi connectivity index (χ4n) is 2.57. The van der Waals surface area contributed by atoms with Crippen LogP contribution in [-0.4, -0.2) is 11.7 Å². The van der Waals surface area contributed by atoms with E-state index >= 15 is 0 Å². The van der Waals surface area contributed by atoms with Gasteiger partial charge in [0.2, 0.25) is 0 Å². The molecule has 0 aliphatic carbocycles. The van der Waals surface area contributed by atoms with Gasteiger partial charge in [0.15, 0.2) is 0 Å². The zero-order valence-corrected chi connectivity index (χ0v) is 13.4. The van der Waals surface area contributed by atoms with Gasteiger partial charge in [0, 0.05) is 22.0 Å². The maximum Gasteiger partial charge on any atom is 0.129 e. The first-order valence-corrected chi connectivity index (χ1v) is 7.78. The maximum absolute atomic E-state index is 9.79. The van der Waals surface area contributed by atoms with E-state index in [-0.39, 0.29) is 0 Å². The Hall–Kier alpha value is -1.52. The van der Waals surface area contributed by atoms with Crippen LogP contribution in [0.2, 0.25) is 0 Å². The van der Waals surface area contributed by atoms with Crippen molar-refractivity contribution in [2.24, 2.45) is 0 Å². The highest BCUT2D eigenvalue weighted by Crippen LogP contribution is 2.34. The van der Waals surface area contributed by atoms with Crippen molar-refractivity contribution in [1.29, 1.82) is 0 Å². The summed E-state index contributed by atoms with van der Waals surface area (Å²) >= 11 is 3.53. The first-order chi connectivity index (χ1) is 10.1. The lowest BCUT2D eigenvalue weighted by Crippen LogP contribution is -2.02. The molecule has 0 radical (unpaired) electrons. The highest BCUT2D eigenvalue weighted by Gasteiger charge is 2.18. The number of aliphatic hydroxyl groups excluding tert-OH is 1. The SMILES string of the molecule is C[C@H](O)c1ccccc1OCc1cc(Br)cc2c1OCC2. The predicted octanol–water partition coefficient (Wildman–Crippen LogP) is 4.02. The molecular weight excluding hydrogens is 332 g/mol. The van der Waals surface area contributed by atoms with E-state index < -0.39 is 6.10 Å². The molecule has 2 aromatic rings. The number of rotatable bonds is 4. The van der Waals surface area contributed by atoms with E-state index in [0.717, 1.165) is 34.4 Å². The van der Waals surface area contributed by atoms with E-state index in [1.54, 1.807) is 6.92 Å². The number of ether oxygens (including phenoxy) is 2. The monoisotopic (exact) mass is 348 g/mol. The zero-order chi connectivity index (χ0) is 14.8. The first-order valence-electron chi connectivity index (χ1n) is 6.99. The number of halogens is 1. The molecular formula is C17H17BrO3. The number of para-hydroxylation sites is 1. The molecule has 0 fully saturated rings. The van der Waals surface area contributed by atoms with E-state index in [9.17, 15) is 5.11 Å². The number of hydrogen-bond acceptors (Lipinski definition) is 3. The van der Waals surface area contributed by atoms with Crippen molar-refractivity contribution in [3.63, 3.8) is 0 Å². The van der Waals surface area contributed by atoms with Gasteiger partial charge in [-0.2, -0.15) is 0 Å². The number of fused-ring (bicyclic) bond motifs is 1. The lowest BCUT2D eigenvalue weighted by Gasteiger charge is -2.15. The Kier molecular flexibility index (Phi) is 4.17. The van der Waals surface area contributed by atoms with Crippen molar-refractivity contribution >= 4 is 15.9 Å². The van der Waals surface area contributed by atoms with Crippen LogP contribution in [0.1, 0.15) is 29.7 Å². The summed E-state index contributed by atoms with van der Waals surface area (Å²) in [5, 5.41) is 9.79. The van der Waals surface area contributed by atoms with Gasteiger partial charge in [-0.15, -0.1) is 0 Å². The number of aliphatic hydroxyl groups is 1. The molecule has 1 N–H and O–H groups in total. The van der Waals surface area contributed by atoms with Gasteiger partial charge in [0.25, 0.3) is 0 Å². The molecule has 110 valence electrons. The van der Waals surface area contributed by atoms with Crippen LogP contribution in [0.5, 0.6) is 11.5 Å². The third kappa shape index (κ3) is 3.06. The van der Waals surface area contributed by atoms with Crippen LogP contribution in [0.3, 0.4) is 0 Å². The second-order valence-electron chi connectivity index (χ2n) is 5.15. The molecule has 1 atom stereocenters. The lowest BCUT2D eigenvalue weighted by atomic mass is 10.1. The van der Waals surface area contributed by atoms with Crippen LogP contribution in [0.4, 0.5) is 0 Å². The van der Waals surface area contributed by atoms with Gasteiger partial charge in [0.1, 0.15) is 18.1 Å². The van der Waals surface area contributed by atoms with Crippen molar-refractivity contribution in [3.8, 4) is 11.5 Å². The molecule has 0 aromatic heterocycles. The van der Waals surface area contributed by atoms with Crippen LogP contribution < -0.4 is 9.47 Å². The van der Waals surface area contributed by atoms with Gasteiger partial charge in [-0.3, -0.25) is 0 Å². The lowest BCUT2D eigenvalue weighted by molar-refractivity contribution is 0.190. The summed E-state index contributed by atoms with van der Waals surface area (Å²) < 4.78 is 12.6. The summed E-state index contributed by atoms with van der Waals surface area (Å²) in [7, 11) is 0. The summed E-state index contributed by atoms with van der Waals surface area (Å²) in [6.45, 7) is 2.89. The predicted molar refractivity (Wildman–Crippen MR) is 84.7 cm³/mol. The Morgan fingerprint density at radius 1 is 1.33 bits per heavy atom. The fraction of sp³-hybridized carbons (Fsp3) is 0.294. The van der Waals surface area contributed by atoms with E-state index in [1.807, 2.05) is 30.3 Å². The molecule has 0 bridgehead atoms.